The van der Waals surface area contributed by atoms with Gasteiger partial charge in [-0.2, -0.15) is 0 Å². The zero-order valence-electron chi connectivity index (χ0n) is 10.8. The molecule has 1 fully saturated rings. The first kappa shape index (κ1) is 12.4. The van der Waals surface area contributed by atoms with Crippen LogP contribution in [0.3, 0.4) is 0 Å². The second kappa shape index (κ2) is 5.09. The Morgan fingerprint density at radius 3 is 2.88 bits per heavy atom. The fourth-order valence-corrected chi connectivity index (χ4v) is 2.90. The van der Waals surface area contributed by atoms with Crippen molar-refractivity contribution in [2.24, 2.45) is 5.92 Å². The van der Waals surface area contributed by atoms with Crippen LogP contribution in [-0.2, 0) is 5.60 Å². The molecule has 0 radical (unpaired) electrons. The summed E-state index contributed by atoms with van der Waals surface area (Å²) < 4.78 is 5.63. The Balaban J connectivity index is 2.31. The summed E-state index contributed by atoms with van der Waals surface area (Å²) in [5, 5.41) is 10.8. The van der Waals surface area contributed by atoms with Crippen LogP contribution in [0.4, 0.5) is 0 Å². The molecule has 2 atom stereocenters. The summed E-state index contributed by atoms with van der Waals surface area (Å²) in [6.07, 6.45) is 4.01. The summed E-state index contributed by atoms with van der Waals surface area (Å²) in [7, 11) is 0. The smallest absolute Gasteiger partial charge is 0.125 e. The second-order valence-electron chi connectivity index (χ2n) is 5.16. The van der Waals surface area contributed by atoms with E-state index in [1.807, 2.05) is 31.2 Å². The van der Waals surface area contributed by atoms with Crippen molar-refractivity contribution in [1.82, 2.24) is 0 Å². The standard InChI is InChI=1S/C15H22O2/c1-3-17-14-9-5-4-8-13(14)15(16)10-6-7-12(2)11-15/h4-5,8-9,12,16H,3,6-7,10-11H2,1-2H3. The second-order valence-corrected chi connectivity index (χ2v) is 5.16. The molecule has 0 heterocycles. The molecular formula is C15H22O2. The number of para-hydroxylation sites is 1. The molecule has 2 nitrogen and oxygen atoms in total. The number of aliphatic hydroxyl groups is 1. The van der Waals surface area contributed by atoms with Crippen LogP contribution in [0.1, 0.15) is 45.1 Å². The summed E-state index contributed by atoms with van der Waals surface area (Å²) in [5.41, 5.74) is 0.275. The van der Waals surface area contributed by atoms with E-state index >= 15 is 0 Å². The van der Waals surface area contributed by atoms with Crippen molar-refractivity contribution in [1.29, 1.82) is 0 Å². The molecule has 1 saturated carbocycles. The minimum atomic E-state index is -0.691. The minimum absolute atomic E-state index is 0.587. The maximum atomic E-state index is 10.8. The quantitative estimate of drug-likeness (QED) is 0.867. The van der Waals surface area contributed by atoms with E-state index in [1.54, 1.807) is 0 Å². The monoisotopic (exact) mass is 234 g/mol. The number of rotatable bonds is 3. The third kappa shape index (κ3) is 2.63. The van der Waals surface area contributed by atoms with Crippen molar-refractivity contribution < 1.29 is 9.84 Å². The van der Waals surface area contributed by atoms with Gasteiger partial charge in [-0.25, -0.2) is 0 Å². The molecule has 2 rings (SSSR count). The van der Waals surface area contributed by atoms with E-state index in [9.17, 15) is 5.11 Å². The Morgan fingerprint density at radius 1 is 1.41 bits per heavy atom. The van der Waals surface area contributed by atoms with Gasteiger partial charge in [0.1, 0.15) is 5.75 Å². The summed E-state index contributed by atoms with van der Waals surface area (Å²) >= 11 is 0. The molecule has 0 spiro atoms. The highest BCUT2D eigenvalue weighted by Crippen LogP contribution is 2.43. The van der Waals surface area contributed by atoms with Crippen LogP contribution in [0.15, 0.2) is 24.3 Å². The van der Waals surface area contributed by atoms with Gasteiger partial charge in [0, 0.05) is 5.56 Å². The van der Waals surface area contributed by atoms with Gasteiger partial charge in [-0.15, -0.1) is 0 Å². The van der Waals surface area contributed by atoms with Crippen molar-refractivity contribution in [3.8, 4) is 5.75 Å². The lowest BCUT2D eigenvalue weighted by molar-refractivity contribution is -0.0199. The van der Waals surface area contributed by atoms with E-state index in [4.69, 9.17) is 4.74 Å². The first-order valence-electron chi connectivity index (χ1n) is 6.60. The molecule has 94 valence electrons. The maximum Gasteiger partial charge on any atom is 0.125 e. The van der Waals surface area contributed by atoms with E-state index < -0.39 is 5.60 Å². The molecule has 0 bridgehead atoms. The third-order valence-electron chi connectivity index (χ3n) is 3.66. The van der Waals surface area contributed by atoms with Crippen LogP contribution >= 0.6 is 0 Å². The Morgan fingerprint density at radius 2 is 2.18 bits per heavy atom. The lowest BCUT2D eigenvalue weighted by Gasteiger charge is -2.36. The molecule has 1 aliphatic carbocycles. The SMILES string of the molecule is CCOc1ccccc1C1(O)CCCC(C)C1. The minimum Gasteiger partial charge on any atom is -0.493 e. The molecule has 1 aromatic rings. The topological polar surface area (TPSA) is 29.5 Å². The van der Waals surface area contributed by atoms with Crippen LogP contribution in [0.5, 0.6) is 5.75 Å². The van der Waals surface area contributed by atoms with Gasteiger partial charge in [-0.05, 0) is 38.2 Å². The average molecular weight is 234 g/mol. The van der Waals surface area contributed by atoms with E-state index in [-0.39, 0.29) is 0 Å². The molecule has 2 heteroatoms. The highest BCUT2D eigenvalue weighted by atomic mass is 16.5. The molecule has 1 aromatic carbocycles. The molecule has 17 heavy (non-hydrogen) atoms. The van der Waals surface area contributed by atoms with E-state index in [1.165, 1.54) is 6.42 Å². The normalized spacial score (nSPS) is 29.0. The van der Waals surface area contributed by atoms with Crippen LogP contribution in [0, 0.1) is 5.92 Å². The highest BCUT2D eigenvalue weighted by Gasteiger charge is 2.36. The summed E-state index contributed by atoms with van der Waals surface area (Å²) in [6, 6.07) is 7.90. The third-order valence-corrected chi connectivity index (χ3v) is 3.66. The molecule has 0 aromatic heterocycles. The van der Waals surface area contributed by atoms with Gasteiger partial charge in [0.15, 0.2) is 0 Å². The van der Waals surface area contributed by atoms with Crippen molar-refractivity contribution in [3.05, 3.63) is 29.8 Å². The lowest BCUT2D eigenvalue weighted by atomic mass is 9.75. The number of hydrogen-bond donors (Lipinski definition) is 1. The predicted octanol–water partition coefficient (Wildman–Crippen LogP) is 3.48. The molecule has 0 saturated heterocycles. The zero-order valence-corrected chi connectivity index (χ0v) is 10.8. The van der Waals surface area contributed by atoms with Gasteiger partial charge in [-0.3, -0.25) is 0 Å². The van der Waals surface area contributed by atoms with Crippen LogP contribution in [0.2, 0.25) is 0 Å². The molecule has 0 amide bonds. The van der Waals surface area contributed by atoms with Gasteiger partial charge >= 0.3 is 0 Å². The predicted molar refractivity (Wildman–Crippen MR) is 69.1 cm³/mol. The zero-order chi connectivity index (χ0) is 12.3. The fourth-order valence-electron chi connectivity index (χ4n) is 2.90. The summed E-state index contributed by atoms with van der Waals surface area (Å²) in [6.45, 7) is 4.83. The van der Waals surface area contributed by atoms with Gasteiger partial charge in [0.25, 0.3) is 0 Å². The number of hydrogen-bond acceptors (Lipinski definition) is 2. The Hall–Kier alpha value is -1.02. The molecular weight excluding hydrogens is 212 g/mol. The van der Waals surface area contributed by atoms with Gasteiger partial charge in [0.2, 0.25) is 0 Å². The molecule has 2 unspecified atom stereocenters. The van der Waals surface area contributed by atoms with Crippen molar-refractivity contribution in [2.45, 2.75) is 45.1 Å². The van der Waals surface area contributed by atoms with Gasteiger partial charge in [-0.1, -0.05) is 31.5 Å². The maximum absolute atomic E-state index is 10.8. The van der Waals surface area contributed by atoms with Crippen molar-refractivity contribution in [2.75, 3.05) is 6.61 Å². The molecule has 1 aliphatic rings. The number of benzene rings is 1. The van der Waals surface area contributed by atoms with Crippen LogP contribution in [-0.4, -0.2) is 11.7 Å². The molecule has 0 aliphatic heterocycles. The van der Waals surface area contributed by atoms with Gasteiger partial charge < -0.3 is 9.84 Å². The fraction of sp³-hybridized carbons (Fsp3) is 0.600. The number of ether oxygens (including phenoxy) is 1. The van der Waals surface area contributed by atoms with Crippen LogP contribution in [0.25, 0.3) is 0 Å². The largest absolute Gasteiger partial charge is 0.493 e. The van der Waals surface area contributed by atoms with Gasteiger partial charge in [0.05, 0.1) is 12.2 Å². The van der Waals surface area contributed by atoms with Crippen molar-refractivity contribution in [3.63, 3.8) is 0 Å². The Kier molecular flexibility index (Phi) is 3.72. The van der Waals surface area contributed by atoms with Crippen LogP contribution < -0.4 is 4.74 Å². The average Bonchev–Trinajstić information content (AvgIpc) is 2.30. The van der Waals surface area contributed by atoms with E-state index in [0.29, 0.717) is 12.5 Å². The molecule has 1 N–H and O–H groups in total. The summed E-state index contributed by atoms with van der Waals surface area (Å²) in [4.78, 5) is 0. The first-order valence-corrected chi connectivity index (χ1v) is 6.60. The first-order chi connectivity index (χ1) is 8.15. The van der Waals surface area contributed by atoms with E-state index in [0.717, 1.165) is 30.6 Å². The highest BCUT2D eigenvalue weighted by molar-refractivity contribution is 5.38. The summed E-state index contributed by atoms with van der Waals surface area (Å²) in [5.74, 6) is 1.43. The Bertz CT molecular complexity index is 375. The Labute approximate surface area is 104 Å². The lowest BCUT2D eigenvalue weighted by Crippen LogP contribution is -2.32. The van der Waals surface area contributed by atoms with Crippen molar-refractivity contribution >= 4 is 0 Å². The van der Waals surface area contributed by atoms with E-state index in [2.05, 4.69) is 6.92 Å².